The molecule has 12 nitrogen and oxygen atoms in total. The van der Waals surface area contributed by atoms with E-state index < -0.39 is 42.3 Å². The summed E-state index contributed by atoms with van der Waals surface area (Å²) in [5, 5.41) is 39.1. The maximum absolute atomic E-state index is 11.5. The Hall–Kier alpha value is -2.58. The first-order chi connectivity index (χ1) is 11.8. The first kappa shape index (κ1) is 25.4. The molecule has 0 bridgehead atoms. The van der Waals surface area contributed by atoms with Crippen LogP contribution in [0.2, 0.25) is 0 Å². The SMILES string of the molecule is Cc1cc(=O)oc2cc(O[C@H]3O[C@@H](C(=O)O)[C@H](O)[C@@H](O)[C@@H]3O)ccc12.O.O.O. The third kappa shape index (κ3) is 4.63. The highest BCUT2D eigenvalue weighted by Crippen LogP contribution is 2.27. The average Bonchev–Trinajstić information content (AvgIpc) is 2.54. The lowest BCUT2D eigenvalue weighted by Crippen LogP contribution is -2.61. The predicted molar refractivity (Wildman–Crippen MR) is 93.0 cm³/mol. The minimum Gasteiger partial charge on any atom is -0.479 e. The minimum atomic E-state index is -1.80. The third-order valence-electron chi connectivity index (χ3n) is 3.99. The number of carboxylic acids is 1. The molecule has 1 saturated heterocycles. The molecule has 0 aliphatic carbocycles. The van der Waals surface area contributed by atoms with Gasteiger partial charge in [-0.2, -0.15) is 0 Å². The molecule has 0 amide bonds. The van der Waals surface area contributed by atoms with Crippen LogP contribution >= 0.6 is 0 Å². The van der Waals surface area contributed by atoms with Crippen molar-refractivity contribution < 1.29 is 55.5 Å². The lowest BCUT2D eigenvalue weighted by atomic mass is 9.99. The van der Waals surface area contributed by atoms with Crippen molar-refractivity contribution >= 4 is 16.9 Å². The fourth-order valence-electron chi connectivity index (χ4n) is 2.66. The van der Waals surface area contributed by atoms with Gasteiger partial charge in [-0.25, -0.2) is 9.59 Å². The molecule has 28 heavy (non-hydrogen) atoms. The molecule has 5 atom stereocenters. The fourth-order valence-corrected chi connectivity index (χ4v) is 2.66. The Morgan fingerprint density at radius 2 is 1.68 bits per heavy atom. The number of aliphatic hydroxyl groups excluding tert-OH is 3. The van der Waals surface area contributed by atoms with Gasteiger partial charge < -0.3 is 50.7 Å². The molecule has 1 aliphatic heterocycles. The topological polar surface area (TPSA) is 241 Å². The van der Waals surface area contributed by atoms with Crippen molar-refractivity contribution in [2.75, 3.05) is 0 Å². The molecule has 1 aromatic carbocycles. The fraction of sp³-hybridized carbons (Fsp3) is 0.375. The van der Waals surface area contributed by atoms with Crippen molar-refractivity contribution in [2.45, 2.75) is 37.6 Å². The highest BCUT2D eigenvalue weighted by molar-refractivity contribution is 5.81. The van der Waals surface area contributed by atoms with Crippen LogP contribution in [0.1, 0.15) is 5.56 Å². The molecule has 2 heterocycles. The summed E-state index contributed by atoms with van der Waals surface area (Å²) in [6.07, 6.45) is -8.53. The molecular formula is C16H22O12. The van der Waals surface area contributed by atoms with E-state index in [0.717, 1.165) is 0 Å². The van der Waals surface area contributed by atoms with Gasteiger partial charge in [0.2, 0.25) is 6.29 Å². The number of carbonyl (C=O) groups is 1. The number of aryl methyl sites for hydroxylation is 1. The lowest BCUT2D eigenvalue weighted by Gasteiger charge is -2.38. The average molecular weight is 406 g/mol. The van der Waals surface area contributed by atoms with Crippen LogP contribution in [-0.4, -0.2) is 73.5 Å². The number of carboxylic acid groups (broad SMARTS) is 1. The Balaban J connectivity index is 0.00000243. The normalized spacial score (nSPS) is 26.4. The van der Waals surface area contributed by atoms with Crippen molar-refractivity contribution in [2.24, 2.45) is 0 Å². The van der Waals surface area contributed by atoms with Crippen LogP contribution in [0.15, 0.2) is 33.5 Å². The van der Waals surface area contributed by atoms with E-state index >= 15 is 0 Å². The molecule has 2 aromatic rings. The first-order valence-corrected chi connectivity index (χ1v) is 7.41. The van der Waals surface area contributed by atoms with E-state index in [1.54, 1.807) is 13.0 Å². The van der Waals surface area contributed by atoms with Gasteiger partial charge in [0.05, 0.1) is 0 Å². The Kier molecular flexibility index (Phi) is 8.68. The number of ether oxygens (including phenoxy) is 2. The van der Waals surface area contributed by atoms with Gasteiger partial charge >= 0.3 is 11.6 Å². The molecule has 10 N–H and O–H groups in total. The molecule has 1 fully saturated rings. The maximum atomic E-state index is 11.5. The Morgan fingerprint density at radius 1 is 1.04 bits per heavy atom. The standard InChI is InChI=1S/C16H16O9.3H2O/c1-6-4-10(17)24-9-5-7(2-3-8(6)9)23-16-13(20)11(18)12(19)14(25-16)15(21)22;;;/h2-5,11-14,16,18-20H,1H3,(H,21,22);3*1H2/t11-,12-,13+,14-,16+;;;/m1.../s1. The number of hydrogen-bond acceptors (Lipinski definition) is 8. The van der Waals surface area contributed by atoms with Crippen molar-refractivity contribution in [3.05, 3.63) is 40.2 Å². The van der Waals surface area contributed by atoms with Crippen LogP contribution in [-0.2, 0) is 9.53 Å². The van der Waals surface area contributed by atoms with Crippen molar-refractivity contribution in [3.8, 4) is 5.75 Å². The number of aliphatic carboxylic acids is 1. The molecule has 0 saturated carbocycles. The quantitative estimate of drug-likeness (QED) is 0.376. The number of fused-ring (bicyclic) bond motifs is 1. The minimum absolute atomic E-state index is 0. The Morgan fingerprint density at radius 3 is 2.29 bits per heavy atom. The first-order valence-electron chi connectivity index (χ1n) is 7.41. The smallest absolute Gasteiger partial charge is 0.336 e. The predicted octanol–water partition coefficient (Wildman–Crippen LogP) is -3.10. The van der Waals surface area contributed by atoms with Crippen molar-refractivity contribution in [1.29, 1.82) is 0 Å². The molecule has 3 rings (SSSR count). The van der Waals surface area contributed by atoms with Crippen LogP contribution in [0.25, 0.3) is 11.0 Å². The van der Waals surface area contributed by atoms with Gasteiger partial charge in [0.15, 0.2) is 6.10 Å². The summed E-state index contributed by atoms with van der Waals surface area (Å²) in [7, 11) is 0. The maximum Gasteiger partial charge on any atom is 0.336 e. The van der Waals surface area contributed by atoms with Gasteiger partial charge in [0.25, 0.3) is 0 Å². The van der Waals surface area contributed by atoms with Gasteiger partial charge in [0, 0.05) is 17.5 Å². The molecule has 158 valence electrons. The summed E-state index contributed by atoms with van der Waals surface area (Å²) in [6.45, 7) is 1.74. The van der Waals surface area contributed by atoms with E-state index in [0.29, 0.717) is 10.9 Å². The molecule has 0 radical (unpaired) electrons. The zero-order valence-electron chi connectivity index (χ0n) is 14.5. The monoisotopic (exact) mass is 406 g/mol. The van der Waals surface area contributed by atoms with Crippen LogP contribution in [0.4, 0.5) is 0 Å². The van der Waals surface area contributed by atoms with E-state index in [1.807, 2.05) is 0 Å². The summed E-state index contributed by atoms with van der Waals surface area (Å²) in [4.78, 5) is 22.5. The largest absolute Gasteiger partial charge is 0.479 e. The molecule has 1 aromatic heterocycles. The highest BCUT2D eigenvalue weighted by atomic mass is 16.7. The zero-order chi connectivity index (χ0) is 18.3. The highest BCUT2D eigenvalue weighted by Gasteiger charge is 2.48. The summed E-state index contributed by atoms with van der Waals surface area (Å²) >= 11 is 0. The van der Waals surface area contributed by atoms with E-state index in [4.69, 9.17) is 19.0 Å². The van der Waals surface area contributed by atoms with Gasteiger partial charge in [-0.05, 0) is 24.6 Å². The van der Waals surface area contributed by atoms with Gasteiger partial charge in [0.1, 0.15) is 29.6 Å². The zero-order valence-corrected chi connectivity index (χ0v) is 14.5. The van der Waals surface area contributed by atoms with Crippen molar-refractivity contribution in [1.82, 2.24) is 0 Å². The second-order valence-electron chi connectivity index (χ2n) is 5.76. The van der Waals surface area contributed by atoms with Gasteiger partial charge in [-0.3, -0.25) is 0 Å². The summed E-state index contributed by atoms with van der Waals surface area (Å²) < 4.78 is 15.5. The van der Waals surface area contributed by atoms with E-state index in [-0.39, 0.29) is 27.8 Å². The summed E-state index contributed by atoms with van der Waals surface area (Å²) in [6, 6.07) is 5.86. The van der Waals surface area contributed by atoms with Crippen LogP contribution < -0.4 is 10.4 Å². The van der Waals surface area contributed by atoms with Crippen LogP contribution in [0, 0.1) is 6.92 Å². The Labute approximate surface area is 157 Å². The van der Waals surface area contributed by atoms with E-state index in [1.165, 1.54) is 18.2 Å². The summed E-state index contributed by atoms with van der Waals surface area (Å²) in [5.41, 5.74) is 0.403. The second-order valence-corrected chi connectivity index (χ2v) is 5.76. The summed E-state index contributed by atoms with van der Waals surface area (Å²) in [5.74, 6) is -1.38. The van der Waals surface area contributed by atoms with E-state index in [9.17, 15) is 24.9 Å². The third-order valence-corrected chi connectivity index (χ3v) is 3.99. The molecule has 0 spiro atoms. The second kappa shape index (κ2) is 9.57. The molecule has 0 unspecified atom stereocenters. The van der Waals surface area contributed by atoms with Gasteiger partial charge in [-0.15, -0.1) is 0 Å². The molecule has 12 heteroatoms. The number of benzene rings is 1. The van der Waals surface area contributed by atoms with Crippen LogP contribution in [0.3, 0.4) is 0 Å². The molecular weight excluding hydrogens is 384 g/mol. The number of hydrogen-bond donors (Lipinski definition) is 4. The van der Waals surface area contributed by atoms with E-state index in [2.05, 4.69) is 0 Å². The number of rotatable bonds is 3. The molecule has 1 aliphatic rings. The van der Waals surface area contributed by atoms with Crippen molar-refractivity contribution in [3.63, 3.8) is 0 Å². The Bertz CT molecular complexity index is 862. The van der Waals surface area contributed by atoms with Crippen LogP contribution in [0.5, 0.6) is 5.75 Å². The van der Waals surface area contributed by atoms with Gasteiger partial charge in [-0.1, -0.05) is 0 Å². The lowest BCUT2D eigenvalue weighted by molar-refractivity contribution is -0.271. The number of aliphatic hydroxyl groups is 3.